The first-order valence-corrected chi connectivity index (χ1v) is 10.9. The van der Waals surface area contributed by atoms with E-state index in [1.165, 1.54) is 5.56 Å². The van der Waals surface area contributed by atoms with E-state index >= 15 is 0 Å². The standard InChI is InChI=1S/C20H21N3O2S2.ClH/c21-17-11-23(10-16(17)14-5-2-1-3-6-14)20(24)13-26-12-15-9-18(25-22-15)19-7-4-8-27-19;/h1-9,16-17H,10-13,21H2;1H/t16-,17+;/m0./s1. The Labute approximate surface area is 178 Å². The smallest absolute Gasteiger partial charge is 0.232 e. The van der Waals surface area contributed by atoms with Crippen LogP contribution in [0.3, 0.4) is 0 Å². The predicted molar refractivity (Wildman–Crippen MR) is 117 cm³/mol. The molecule has 1 fully saturated rings. The number of aromatic nitrogens is 1. The van der Waals surface area contributed by atoms with Gasteiger partial charge in [-0.2, -0.15) is 0 Å². The van der Waals surface area contributed by atoms with Gasteiger partial charge in [0, 0.05) is 36.9 Å². The molecule has 1 amide bonds. The largest absolute Gasteiger partial charge is 0.355 e. The number of amides is 1. The summed E-state index contributed by atoms with van der Waals surface area (Å²) >= 11 is 3.18. The van der Waals surface area contributed by atoms with Crippen LogP contribution in [0.4, 0.5) is 0 Å². The van der Waals surface area contributed by atoms with Crippen molar-refractivity contribution < 1.29 is 9.32 Å². The zero-order valence-corrected chi connectivity index (χ0v) is 17.6. The van der Waals surface area contributed by atoms with Crippen molar-refractivity contribution in [3.8, 4) is 10.6 Å². The fourth-order valence-electron chi connectivity index (χ4n) is 3.33. The summed E-state index contributed by atoms with van der Waals surface area (Å²) in [5, 5.41) is 6.10. The second-order valence-corrected chi connectivity index (χ2v) is 8.57. The zero-order chi connectivity index (χ0) is 18.6. The molecule has 0 bridgehead atoms. The molecule has 1 saturated heterocycles. The molecule has 0 spiro atoms. The van der Waals surface area contributed by atoms with Crippen LogP contribution >= 0.6 is 35.5 Å². The van der Waals surface area contributed by atoms with Crippen molar-refractivity contribution >= 4 is 41.4 Å². The van der Waals surface area contributed by atoms with Gasteiger partial charge in [0.05, 0.1) is 16.3 Å². The Hall–Kier alpha value is -1.80. The van der Waals surface area contributed by atoms with Gasteiger partial charge >= 0.3 is 0 Å². The minimum Gasteiger partial charge on any atom is -0.355 e. The summed E-state index contributed by atoms with van der Waals surface area (Å²) in [6, 6.07) is 16.1. The second kappa shape index (κ2) is 9.60. The number of rotatable bonds is 6. The first-order valence-electron chi connectivity index (χ1n) is 8.86. The molecule has 0 saturated carbocycles. The fourth-order valence-corrected chi connectivity index (χ4v) is 4.81. The van der Waals surface area contributed by atoms with Crippen molar-refractivity contribution in [1.82, 2.24) is 10.1 Å². The van der Waals surface area contributed by atoms with E-state index in [2.05, 4.69) is 17.3 Å². The topological polar surface area (TPSA) is 72.4 Å². The van der Waals surface area contributed by atoms with Gasteiger partial charge in [-0.25, -0.2) is 0 Å². The molecular formula is C20H22ClN3O2S2. The van der Waals surface area contributed by atoms with E-state index in [1.807, 2.05) is 46.7 Å². The number of hydrogen-bond donors (Lipinski definition) is 1. The van der Waals surface area contributed by atoms with Gasteiger partial charge in [-0.3, -0.25) is 4.79 Å². The maximum atomic E-state index is 12.6. The Balaban J connectivity index is 0.00000225. The van der Waals surface area contributed by atoms with Gasteiger partial charge in [-0.1, -0.05) is 41.6 Å². The number of thioether (sulfide) groups is 1. The average molecular weight is 436 g/mol. The molecular weight excluding hydrogens is 414 g/mol. The molecule has 1 aliphatic rings. The molecule has 148 valence electrons. The molecule has 2 atom stereocenters. The molecule has 1 aliphatic heterocycles. The summed E-state index contributed by atoms with van der Waals surface area (Å²) in [6.07, 6.45) is 0. The summed E-state index contributed by atoms with van der Waals surface area (Å²) in [7, 11) is 0. The molecule has 3 heterocycles. The van der Waals surface area contributed by atoms with Crippen LogP contribution in [-0.4, -0.2) is 40.8 Å². The van der Waals surface area contributed by atoms with E-state index in [9.17, 15) is 4.79 Å². The molecule has 4 rings (SSSR count). The lowest BCUT2D eigenvalue weighted by molar-refractivity contribution is -0.127. The number of likely N-dealkylation sites (tertiary alicyclic amines) is 1. The number of carbonyl (C=O) groups is 1. The highest BCUT2D eigenvalue weighted by atomic mass is 35.5. The van der Waals surface area contributed by atoms with Crippen LogP contribution in [0.1, 0.15) is 17.2 Å². The molecule has 1 aromatic carbocycles. The van der Waals surface area contributed by atoms with Gasteiger partial charge < -0.3 is 15.2 Å². The number of nitrogens with zero attached hydrogens (tertiary/aromatic N) is 2. The molecule has 28 heavy (non-hydrogen) atoms. The van der Waals surface area contributed by atoms with E-state index < -0.39 is 0 Å². The molecule has 2 N–H and O–H groups in total. The number of carbonyl (C=O) groups excluding carboxylic acids is 1. The molecule has 3 aromatic rings. The fraction of sp³-hybridized carbons (Fsp3) is 0.300. The van der Waals surface area contributed by atoms with Crippen LogP contribution in [0.2, 0.25) is 0 Å². The maximum Gasteiger partial charge on any atom is 0.232 e. The summed E-state index contributed by atoms with van der Waals surface area (Å²) in [5.74, 6) is 2.21. The van der Waals surface area contributed by atoms with E-state index in [4.69, 9.17) is 10.3 Å². The summed E-state index contributed by atoms with van der Waals surface area (Å²) in [5.41, 5.74) is 8.35. The van der Waals surface area contributed by atoms with Gasteiger partial charge in [-0.05, 0) is 17.0 Å². The van der Waals surface area contributed by atoms with Crippen LogP contribution in [0, 0.1) is 0 Å². The van der Waals surface area contributed by atoms with Crippen LogP contribution in [0.5, 0.6) is 0 Å². The van der Waals surface area contributed by atoms with Crippen molar-refractivity contribution in [1.29, 1.82) is 0 Å². The van der Waals surface area contributed by atoms with Gasteiger partial charge in [0.2, 0.25) is 5.91 Å². The van der Waals surface area contributed by atoms with Gasteiger partial charge in [0.25, 0.3) is 0 Å². The quantitative estimate of drug-likeness (QED) is 0.633. The van der Waals surface area contributed by atoms with Crippen LogP contribution in [0.15, 0.2) is 58.4 Å². The number of nitrogens with two attached hydrogens (primary N) is 1. The van der Waals surface area contributed by atoms with E-state index in [0.29, 0.717) is 24.6 Å². The molecule has 2 aromatic heterocycles. The van der Waals surface area contributed by atoms with Crippen LogP contribution < -0.4 is 5.73 Å². The van der Waals surface area contributed by atoms with Crippen LogP contribution in [-0.2, 0) is 10.5 Å². The number of hydrogen-bond acceptors (Lipinski definition) is 6. The third kappa shape index (κ3) is 4.78. The highest BCUT2D eigenvalue weighted by Gasteiger charge is 2.33. The van der Waals surface area contributed by atoms with Crippen molar-refractivity contribution in [3.05, 3.63) is 65.2 Å². The molecule has 8 heteroatoms. The maximum absolute atomic E-state index is 12.6. The first-order chi connectivity index (χ1) is 13.2. The number of halogens is 1. The van der Waals surface area contributed by atoms with Gasteiger partial charge in [0.1, 0.15) is 0 Å². The van der Waals surface area contributed by atoms with Crippen molar-refractivity contribution in [2.45, 2.75) is 17.7 Å². The normalized spacial score (nSPS) is 18.8. The van der Waals surface area contributed by atoms with E-state index in [1.54, 1.807) is 23.1 Å². The third-order valence-electron chi connectivity index (χ3n) is 4.74. The van der Waals surface area contributed by atoms with Crippen molar-refractivity contribution in [2.24, 2.45) is 5.73 Å². The Morgan fingerprint density at radius 2 is 2.07 bits per heavy atom. The predicted octanol–water partition coefficient (Wildman–Crippen LogP) is 4.01. The Kier molecular flexibility index (Phi) is 7.18. The highest BCUT2D eigenvalue weighted by Crippen LogP contribution is 2.28. The van der Waals surface area contributed by atoms with Crippen LogP contribution in [0.25, 0.3) is 10.6 Å². The Morgan fingerprint density at radius 1 is 1.25 bits per heavy atom. The second-order valence-electron chi connectivity index (χ2n) is 6.63. The lowest BCUT2D eigenvalue weighted by Crippen LogP contribution is -2.33. The highest BCUT2D eigenvalue weighted by molar-refractivity contribution is 7.99. The first kappa shape index (κ1) is 20.9. The lowest BCUT2D eigenvalue weighted by atomic mass is 9.95. The summed E-state index contributed by atoms with van der Waals surface area (Å²) in [6.45, 7) is 1.31. The average Bonchev–Trinajstić information content (AvgIpc) is 3.43. The van der Waals surface area contributed by atoms with E-state index in [0.717, 1.165) is 16.3 Å². The SMILES string of the molecule is Cl.N[C@@H]1CN(C(=O)CSCc2cc(-c3cccs3)on2)C[C@H]1c1ccccc1. The summed E-state index contributed by atoms with van der Waals surface area (Å²) < 4.78 is 5.38. The Morgan fingerprint density at radius 3 is 2.82 bits per heavy atom. The Bertz CT molecular complexity index is 886. The van der Waals surface area contributed by atoms with Gasteiger partial charge in [-0.15, -0.1) is 35.5 Å². The third-order valence-corrected chi connectivity index (χ3v) is 6.58. The molecule has 0 unspecified atom stereocenters. The number of benzene rings is 1. The molecule has 0 aliphatic carbocycles. The molecule has 0 radical (unpaired) electrons. The molecule has 5 nitrogen and oxygen atoms in total. The minimum absolute atomic E-state index is 0. The number of thiophene rings is 1. The summed E-state index contributed by atoms with van der Waals surface area (Å²) in [4.78, 5) is 15.5. The van der Waals surface area contributed by atoms with E-state index in [-0.39, 0.29) is 30.3 Å². The lowest BCUT2D eigenvalue weighted by Gasteiger charge is -2.16. The monoisotopic (exact) mass is 435 g/mol. The van der Waals surface area contributed by atoms with Gasteiger partial charge in [0.15, 0.2) is 5.76 Å². The van der Waals surface area contributed by atoms with Crippen molar-refractivity contribution in [3.63, 3.8) is 0 Å². The minimum atomic E-state index is -0.00903. The van der Waals surface area contributed by atoms with Crippen molar-refractivity contribution in [2.75, 3.05) is 18.8 Å². The zero-order valence-electron chi connectivity index (χ0n) is 15.2.